The zero-order chi connectivity index (χ0) is 9.26. The van der Waals surface area contributed by atoms with Gasteiger partial charge in [0.25, 0.3) is 0 Å². The van der Waals surface area contributed by atoms with Gasteiger partial charge < -0.3 is 0 Å². The van der Waals surface area contributed by atoms with E-state index in [4.69, 9.17) is 5.84 Å². The van der Waals surface area contributed by atoms with E-state index in [0.717, 1.165) is 6.42 Å². The molecule has 1 fully saturated rings. The summed E-state index contributed by atoms with van der Waals surface area (Å²) in [5.74, 6) is 5.48. The first-order valence-electron chi connectivity index (χ1n) is 4.38. The lowest BCUT2D eigenvalue weighted by Gasteiger charge is -1.98. The molecule has 1 aromatic carbocycles. The first-order chi connectivity index (χ1) is 6.33. The van der Waals surface area contributed by atoms with Crippen LogP contribution in [0, 0.1) is 5.92 Å². The second kappa shape index (κ2) is 3.18. The van der Waals surface area contributed by atoms with Gasteiger partial charge in [-0.2, -0.15) is 0 Å². The third-order valence-electron chi connectivity index (χ3n) is 2.50. The summed E-state index contributed by atoms with van der Waals surface area (Å²) >= 11 is 0. The molecule has 0 saturated heterocycles. The monoisotopic (exact) mass is 176 g/mol. The maximum absolute atomic E-state index is 11.1. The summed E-state index contributed by atoms with van der Waals surface area (Å²) in [7, 11) is 0. The van der Waals surface area contributed by atoms with E-state index in [1.807, 2.05) is 18.2 Å². The van der Waals surface area contributed by atoms with Gasteiger partial charge in [-0.15, -0.1) is 0 Å². The van der Waals surface area contributed by atoms with Gasteiger partial charge in [-0.1, -0.05) is 30.3 Å². The van der Waals surface area contributed by atoms with E-state index in [1.54, 1.807) is 0 Å². The number of nitrogens with two attached hydrogens (primary N) is 1. The highest BCUT2D eigenvalue weighted by atomic mass is 16.2. The molecule has 1 aliphatic carbocycles. The van der Waals surface area contributed by atoms with Crippen LogP contribution < -0.4 is 11.3 Å². The summed E-state index contributed by atoms with van der Waals surface area (Å²) in [6.07, 6.45) is 0.924. The standard InChI is InChI=1S/C10H12N2O/c11-12-10(13)9-6-8(9)7-4-2-1-3-5-7/h1-5,8-9H,6,11H2,(H,12,13)/t8-,9-/m1/s1. The van der Waals surface area contributed by atoms with Gasteiger partial charge in [0.1, 0.15) is 0 Å². The van der Waals surface area contributed by atoms with E-state index in [-0.39, 0.29) is 11.8 Å². The highest BCUT2D eigenvalue weighted by Gasteiger charge is 2.43. The Morgan fingerprint density at radius 1 is 1.38 bits per heavy atom. The topological polar surface area (TPSA) is 55.1 Å². The van der Waals surface area contributed by atoms with Gasteiger partial charge >= 0.3 is 0 Å². The van der Waals surface area contributed by atoms with E-state index in [0.29, 0.717) is 5.92 Å². The van der Waals surface area contributed by atoms with Crippen LogP contribution in [0.4, 0.5) is 0 Å². The van der Waals surface area contributed by atoms with Crippen molar-refractivity contribution in [3.63, 3.8) is 0 Å². The van der Waals surface area contributed by atoms with Crippen LogP contribution in [0.5, 0.6) is 0 Å². The van der Waals surface area contributed by atoms with Crippen LogP contribution in [0.1, 0.15) is 17.9 Å². The molecule has 2 rings (SSSR count). The highest BCUT2D eigenvalue weighted by Crippen LogP contribution is 2.47. The van der Waals surface area contributed by atoms with Crippen molar-refractivity contribution in [2.75, 3.05) is 0 Å². The molecule has 68 valence electrons. The fourth-order valence-corrected chi connectivity index (χ4v) is 1.66. The van der Waals surface area contributed by atoms with Crippen LogP contribution in [0.2, 0.25) is 0 Å². The maximum Gasteiger partial charge on any atom is 0.237 e. The van der Waals surface area contributed by atoms with Crippen LogP contribution in [0.3, 0.4) is 0 Å². The van der Waals surface area contributed by atoms with Gasteiger partial charge in [0.15, 0.2) is 0 Å². The van der Waals surface area contributed by atoms with Crippen molar-refractivity contribution in [3.05, 3.63) is 35.9 Å². The fraction of sp³-hybridized carbons (Fsp3) is 0.300. The Bertz CT molecular complexity index is 310. The molecule has 1 aliphatic rings. The smallest absolute Gasteiger partial charge is 0.237 e. The molecule has 0 aliphatic heterocycles. The maximum atomic E-state index is 11.1. The Morgan fingerprint density at radius 3 is 2.69 bits per heavy atom. The zero-order valence-electron chi connectivity index (χ0n) is 7.23. The molecular formula is C10H12N2O. The Morgan fingerprint density at radius 2 is 2.08 bits per heavy atom. The largest absolute Gasteiger partial charge is 0.294 e. The average molecular weight is 176 g/mol. The van der Waals surface area contributed by atoms with Gasteiger partial charge in [-0.3, -0.25) is 10.2 Å². The van der Waals surface area contributed by atoms with Crippen molar-refractivity contribution in [1.82, 2.24) is 5.43 Å². The number of amides is 1. The number of nitrogens with one attached hydrogen (secondary N) is 1. The number of hydrogen-bond donors (Lipinski definition) is 2. The summed E-state index contributed by atoms with van der Waals surface area (Å²) in [4.78, 5) is 11.1. The SMILES string of the molecule is NNC(=O)[C@@H]1C[C@@H]1c1ccccc1. The molecule has 3 heteroatoms. The van der Waals surface area contributed by atoms with Crippen LogP contribution in [0.25, 0.3) is 0 Å². The van der Waals surface area contributed by atoms with Crippen molar-refractivity contribution in [3.8, 4) is 0 Å². The summed E-state index contributed by atoms with van der Waals surface area (Å²) in [5, 5.41) is 0. The predicted molar refractivity (Wildman–Crippen MR) is 49.6 cm³/mol. The minimum absolute atomic E-state index is 0.0474. The first kappa shape index (κ1) is 8.26. The number of hydrogen-bond acceptors (Lipinski definition) is 2. The number of carbonyl (C=O) groups is 1. The summed E-state index contributed by atoms with van der Waals surface area (Å²) in [6.45, 7) is 0. The quantitative estimate of drug-likeness (QED) is 0.397. The molecule has 0 radical (unpaired) electrons. The molecule has 0 spiro atoms. The number of carbonyl (C=O) groups excluding carboxylic acids is 1. The van der Waals surface area contributed by atoms with Gasteiger partial charge in [0, 0.05) is 5.92 Å². The van der Waals surface area contributed by atoms with E-state index < -0.39 is 0 Å². The van der Waals surface area contributed by atoms with Gasteiger partial charge in [-0.05, 0) is 17.9 Å². The van der Waals surface area contributed by atoms with Crippen molar-refractivity contribution in [2.24, 2.45) is 11.8 Å². The molecule has 13 heavy (non-hydrogen) atoms. The highest BCUT2D eigenvalue weighted by molar-refractivity contribution is 5.82. The minimum atomic E-state index is -0.0474. The number of benzene rings is 1. The Hall–Kier alpha value is -1.35. The van der Waals surface area contributed by atoms with Crippen molar-refractivity contribution in [1.29, 1.82) is 0 Å². The van der Waals surface area contributed by atoms with E-state index in [1.165, 1.54) is 5.56 Å². The van der Waals surface area contributed by atoms with E-state index >= 15 is 0 Å². The second-order valence-electron chi connectivity index (χ2n) is 3.37. The third-order valence-corrected chi connectivity index (χ3v) is 2.50. The lowest BCUT2D eigenvalue weighted by atomic mass is 10.1. The molecule has 1 aromatic rings. The van der Waals surface area contributed by atoms with E-state index in [9.17, 15) is 4.79 Å². The van der Waals surface area contributed by atoms with Crippen LogP contribution in [-0.4, -0.2) is 5.91 Å². The molecule has 1 amide bonds. The molecule has 1 saturated carbocycles. The Kier molecular flexibility index (Phi) is 2.02. The lowest BCUT2D eigenvalue weighted by molar-refractivity contribution is -0.122. The molecule has 0 bridgehead atoms. The predicted octanol–water partition coefficient (Wildman–Crippen LogP) is 0.780. The molecule has 3 N–H and O–H groups in total. The fourth-order valence-electron chi connectivity index (χ4n) is 1.66. The van der Waals surface area contributed by atoms with Crippen LogP contribution in [0.15, 0.2) is 30.3 Å². The van der Waals surface area contributed by atoms with Gasteiger partial charge in [-0.25, -0.2) is 5.84 Å². The average Bonchev–Trinajstić information content (AvgIpc) is 2.98. The minimum Gasteiger partial charge on any atom is -0.294 e. The van der Waals surface area contributed by atoms with Crippen molar-refractivity contribution >= 4 is 5.91 Å². The molecule has 2 atom stereocenters. The molecule has 0 unspecified atom stereocenters. The van der Waals surface area contributed by atoms with E-state index in [2.05, 4.69) is 17.6 Å². The summed E-state index contributed by atoms with van der Waals surface area (Å²) in [5.41, 5.74) is 3.42. The zero-order valence-corrected chi connectivity index (χ0v) is 7.23. The van der Waals surface area contributed by atoms with Gasteiger partial charge in [0.05, 0.1) is 0 Å². The Labute approximate surface area is 76.9 Å². The first-order valence-corrected chi connectivity index (χ1v) is 4.38. The van der Waals surface area contributed by atoms with Crippen molar-refractivity contribution in [2.45, 2.75) is 12.3 Å². The second-order valence-corrected chi connectivity index (χ2v) is 3.37. The molecule has 0 aromatic heterocycles. The number of hydrazine groups is 1. The Balaban J connectivity index is 2.04. The lowest BCUT2D eigenvalue weighted by Crippen LogP contribution is -2.31. The third kappa shape index (κ3) is 1.55. The normalized spacial score (nSPS) is 25.3. The van der Waals surface area contributed by atoms with Crippen molar-refractivity contribution < 1.29 is 4.79 Å². The summed E-state index contributed by atoms with van der Waals surface area (Å²) in [6, 6.07) is 10.1. The summed E-state index contributed by atoms with van der Waals surface area (Å²) < 4.78 is 0. The molecule has 3 nitrogen and oxygen atoms in total. The number of rotatable bonds is 2. The molecular weight excluding hydrogens is 164 g/mol. The molecule has 0 heterocycles. The van der Waals surface area contributed by atoms with Crippen LogP contribution >= 0.6 is 0 Å². The van der Waals surface area contributed by atoms with Crippen LogP contribution in [-0.2, 0) is 4.79 Å². The van der Waals surface area contributed by atoms with Gasteiger partial charge in [0.2, 0.25) is 5.91 Å².